The predicted molar refractivity (Wildman–Crippen MR) is 70.3 cm³/mol. The number of hydrogen-bond donors (Lipinski definition) is 2. The molecule has 1 amide bonds. The summed E-state index contributed by atoms with van der Waals surface area (Å²) in [5.41, 5.74) is 0.919. The monoisotopic (exact) mass is 251 g/mol. The third-order valence-corrected chi connectivity index (χ3v) is 2.39. The largest absolute Gasteiger partial charge is 0.491 e. The summed E-state index contributed by atoms with van der Waals surface area (Å²) >= 11 is 0. The molecule has 4 nitrogen and oxygen atoms in total. The molecule has 0 aliphatic carbocycles. The van der Waals surface area contributed by atoms with E-state index in [2.05, 4.69) is 5.32 Å². The third kappa shape index (κ3) is 5.19. The van der Waals surface area contributed by atoms with E-state index in [1.54, 1.807) is 0 Å². The molecular formula is C14H21NO3. The molecule has 0 fully saturated rings. The number of benzene rings is 1. The molecule has 0 unspecified atom stereocenters. The van der Waals surface area contributed by atoms with Crippen molar-refractivity contribution in [2.45, 2.75) is 26.8 Å². The fourth-order valence-corrected chi connectivity index (χ4v) is 1.58. The van der Waals surface area contributed by atoms with Gasteiger partial charge in [-0.15, -0.1) is 0 Å². The zero-order valence-corrected chi connectivity index (χ0v) is 11.0. The van der Waals surface area contributed by atoms with Crippen LogP contribution in [0, 0.1) is 5.92 Å². The van der Waals surface area contributed by atoms with Crippen molar-refractivity contribution < 1.29 is 14.6 Å². The number of aliphatic hydroxyl groups excluding tert-OH is 1. The highest BCUT2D eigenvalue weighted by atomic mass is 16.5. The predicted octanol–water partition coefficient (Wildman–Crippen LogP) is 1.72. The minimum absolute atomic E-state index is 0.0198. The summed E-state index contributed by atoms with van der Waals surface area (Å²) in [5, 5.41) is 11.6. The van der Waals surface area contributed by atoms with Crippen LogP contribution >= 0.6 is 0 Å². The van der Waals surface area contributed by atoms with Crippen LogP contribution in [0.15, 0.2) is 24.3 Å². The Balaban J connectivity index is 2.53. The van der Waals surface area contributed by atoms with Gasteiger partial charge in [0, 0.05) is 18.5 Å². The van der Waals surface area contributed by atoms with E-state index in [0.29, 0.717) is 24.6 Å². The standard InChI is InChI=1S/C14H21NO3/c1-11(2)9-14(17)15-10-12-5-3-4-6-13(12)18-8-7-16/h3-6,11,16H,7-10H2,1-2H3,(H,15,17). The Hall–Kier alpha value is -1.55. The van der Waals surface area contributed by atoms with Gasteiger partial charge in [0.25, 0.3) is 0 Å². The van der Waals surface area contributed by atoms with Gasteiger partial charge in [-0.3, -0.25) is 4.79 Å². The van der Waals surface area contributed by atoms with Crippen LogP contribution in [0.3, 0.4) is 0 Å². The van der Waals surface area contributed by atoms with Gasteiger partial charge in [0.05, 0.1) is 6.61 Å². The lowest BCUT2D eigenvalue weighted by atomic mass is 10.1. The van der Waals surface area contributed by atoms with Crippen LogP contribution in [0.25, 0.3) is 0 Å². The van der Waals surface area contributed by atoms with Crippen LogP contribution < -0.4 is 10.1 Å². The first kappa shape index (κ1) is 14.5. The molecule has 2 N–H and O–H groups in total. The van der Waals surface area contributed by atoms with E-state index in [4.69, 9.17) is 9.84 Å². The fraction of sp³-hybridized carbons (Fsp3) is 0.500. The molecule has 0 saturated carbocycles. The van der Waals surface area contributed by atoms with E-state index in [9.17, 15) is 4.79 Å². The van der Waals surface area contributed by atoms with E-state index in [1.165, 1.54) is 0 Å². The summed E-state index contributed by atoms with van der Waals surface area (Å²) in [4.78, 5) is 11.6. The van der Waals surface area contributed by atoms with Gasteiger partial charge in [-0.1, -0.05) is 32.0 Å². The summed E-state index contributed by atoms with van der Waals surface area (Å²) in [7, 11) is 0. The van der Waals surface area contributed by atoms with Gasteiger partial charge in [-0.25, -0.2) is 0 Å². The zero-order valence-electron chi connectivity index (χ0n) is 11.0. The maximum Gasteiger partial charge on any atom is 0.220 e. The van der Waals surface area contributed by atoms with Crippen molar-refractivity contribution in [1.29, 1.82) is 0 Å². The molecule has 1 rings (SSSR count). The number of nitrogens with one attached hydrogen (secondary N) is 1. The second-order valence-electron chi connectivity index (χ2n) is 4.55. The third-order valence-electron chi connectivity index (χ3n) is 2.39. The number of amides is 1. The summed E-state index contributed by atoms with van der Waals surface area (Å²) in [6, 6.07) is 7.50. The van der Waals surface area contributed by atoms with Crippen molar-refractivity contribution in [1.82, 2.24) is 5.32 Å². The van der Waals surface area contributed by atoms with Gasteiger partial charge in [0.1, 0.15) is 12.4 Å². The van der Waals surface area contributed by atoms with Crippen LogP contribution in [0.4, 0.5) is 0 Å². The lowest BCUT2D eigenvalue weighted by Gasteiger charge is -2.12. The maximum absolute atomic E-state index is 11.6. The van der Waals surface area contributed by atoms with Crippen LogP contribution in [-0.4, -0.2) is 24.2 Å². The normalized spacial score (nSPS) is 10.4. The molecule has 1 aromatic rings. The first-order valence-electron chi connectivity index (χ1n) is 6.21. The average molecular weight is 251 g/mol. The van der Waals surface area contributed by atoms with Crippen molar-refractivity contribution in [3.05, 3.63) is 29.8 Å². The Morgan fingerprint density at radius 2 is 2.11 bits per heavy atom. The Labute approximate surface area is 108 Å². The minimum atomic E-state index is -0.0198. The van der Waals surface area contributed by atoms with Crippen LogP contribution in [0.2, 0.25) is 0 Å². The highest BCUT2D eigenvalue weighted by Gasteiger charge is 2.07. The quantitative estimate of drug-likeness (QED) is 0.775. The molecule has 100 valence electrons. The maximum atomic E-state index is 11.6. The molecule has 4 heteroatoms. The number of hydrogen-bond acceptors (Lipinski definition) is 3. The molecule has 0 aliphatic rings. The first-order valence-corrected chi connectivity index (χ1v) is 6.21. The highest BCUT2D eigenvalue weighted by molar-refractivity contribution is 5.76. The Morgan fingerprint density at radius 3 is 2.78 bits per heavy atom. The lowest BCUT2D eigenvalue weighted by Crippen LogP contribution is -2.24. The number of aliphatic hydroxyl groups is 1. The molecule has 1 aromatic carbocycles. The Kier molecular flexibility index (Phi) is 6.22. The molecule has 0 spiro atoms. The van der Waals surface area contributed by atoms with E-state index >= 15 is 0 Å². The number of carbonyl (C=O) groups is 1. The fourth-order valence-electron chi connectivity index (χ4n) is 1.58. The molecule has 0 heterocycles. The van der Waals surface area contributed by atoms with Crippen molar-refractivity contribution in [3.63, 3.8) is 0 Å². The summed E-state index contributed by atoms with van der Waals surface area (Å²) in [5.74, 6) is 1.10. The lowest BCUT2D eigenvalue weighted by molar-refractivity contribution is -0.121. The molecular weight excluding hydrogens is 230 g/mol. The molecule has 0 atom stereocenters. The topological polar surface area (TPSA) is 58.6 Å². The Bertz CT molecular complexity index is 377. The number of rotatable bonds is 7. The summed E-state index contributed by atoms with van der Waals surface area (Å²) < 4.78 is 5.40. The molecule has 0 aromatic heterocycles. The summed E-state index contributed by atoms with van der Waals surface area (Å²) in [6.07, 6.45) is 0.527. The van der Waals surface area contributed by atoms with Crippen molar-refractivity contribution in [2.24, 2.45) is 5.92 Å². The highest BCUT2D eigenvalue weighted by Crippen LogP contribution is 2.17. The molecule has 18 heavy (non-hydrogen) atoms. The van der Waals surface area contributed by atoms with E-state index in [1.807, 2.05) is 38.1 Å². The minimum Gasteiger partial charge on any atom is -0.491 e. The van der Waals surface area contributed by atoms with E-state index in [0.717, 1.165) is 5.56 Å². The van der Waals surface area contributed by atoms with Crippen LogP contribution in [0.5, 0.6) is 5.75 Å². The molecule has 0 bridgehead atoms. The number of para-hydroxylation sites is 1. The molecule has 0 saturated heterocycles. The second kappa shape index (κ2) is 7.71. The zero-order chi connectivity index (χ0) is 13.4. The second-order valence-corrected chi connectivity index (χ2v) is 4.55. The van der Waals surface area contributed by atoms with Crippen molar-refractivity contribution in [2.75, 3.05) is 13.2 Å². The molecule has 0 aliphatic heterocycles. The van der Waals surface area contributed by atoms with Gasteiger partial charge in [-0.05, 0) is 12.0 Å². The number of ether oxygens (including phenoxy) is 1. The van der Waals surface area contributed by atoms with E-state index in [-0.39, 0.29) is 19.1 Å². The van der Waals surface area contributed by atoms with Crippen molar-refractivity contribution >= 4 is 5.91 Å². The first-order chi connectivity index (χ1) is 8.63. The molecule has 0 radical (unpaired) electrons. The SMILES string of the molecule is CC(C)CC(=O)NCc1ccccc1OCCO. The average Bonchev–Trinajstić information content (AvgIpc) is 2.34. The van der Waals surface area contributed by atoms with Crippen LogP contribution in [-0.2, 0) is 11.3 Å². The van der Waals surface area contributed by atoms with Crippen LogP contribution in [0.1, 0.15) is 25.8 Å². The van der Waals surface area contributed by atoms with Gasteiger partial charge in [0.15, 0.2) is 0 Å². The number of carbonyl (C=O) groups excluding carboxylic acids is 1. The van der Waals surface area contributed by atoms with Gasteiger partial charge < -0.3 is 15.2 Å². The van der Waals surface area contributed by atoms with Gasteiger partial charge in [-0.2, -0.15) is 0 Å². The van der Waals surface area contributed by atoms with Crippen molar-refractivity contribution in [3.8, 4) is 5.75 Å². The smallest absolute Gasteiger partial charge is 0.220 e. The van der Waals surface area contributed by atoms with Gasteiger partial charge >= 0.3 is 0 Å². The summed E-state index contributed by atoms with van der Waals surface area (Å²) in [6.45, 7) is 4.72. The van der Waals surface area contributed by atoms with E-state index < -0.39 is 0 Å². The Morgan fingerprint density at radius 1 is 1.39 bits per heavy atom. The van der Waals surface area contributed by atoms with Gasteiger partial charge in [0.2, 0.25) is 5.91 Å².